The monoisotopic (exact) mass is 455 g/mol. The third-order valence-electron chi connectivity index (χ3n) is 5.32. The molecule has 0 saturated heterocycles. The smallest absolute Gasteiger partial charge is 0.283 e. The highest BCUT2D eigenvalue weighted by Gasteiger charge is 2.30. The van der Waals surface area contributed by atoms with Crippen LogP contribution in [0.2, 0.25) is 5.02 Å². The molecule has 0 unspecified atom stereocenters. The first-order valence-corrected chi connectivity index (χ1v) is 10.6. The van der Waals surface area contributed by atoms with Gasteiger partial charge in [0.25, 0.3) is 11.8 Å². The summed E-state index contributed by atoms with van der Waals surface area (Å²) < 4.78 is 0. The molecule has 5 rings (SSSR count). The van der Waals surface area contributed by atoms with Crippen LogP contribution in [0.5, 0.6) is 0 Å². The SMILES string of the molecule is NC1=NN(C(=O)c2ccccc2N=Cc2c(-c3ccccc3)[nH]c3ccc(Cl)cc23)C(=O)C1. The minimum atomic E-state index is -0.571. The molecule has 2 amide bonds. The molecule has 2 heterocycles. The molecule has 3 N–H and O–H groups in total. The van der Waals surface area contributed by atoms with Crippen molar-refractivity contribution in [1.82, 2.24) is 9.99 Å². The van der Waals surface area contributed by atoms with Crippen LogP contribution >= 0.6 is 11.6 Å². The van der Waals surface area contributed by atoms with E-state index in [1.165, 1.54) is 0 Å². The maximum absolute atomic E-state index is 13.0. The van der Waals surface area contributed by atoms with Crippen LogP contribution in [-0.4, -0.2) is 33.9 Å². The van der Waals surface area contributed by atoms with Gasteiger partial charge in [-0.1, -0.05) is 54.1 Å². The van der Waals surface area contributed by atoms with Gasteiger partial charge < -0.3 is 10.7 Å². The highest BCUT2D eigenvalue weighted by molar-refractivity contribution is 6.31. The Morgan fingerprint density at radius 1 is 1.09 bits per heavy atom. The fourth-order valence-electron chi connectivity index (χ4n) is 3.77. The van der Waals surface area contributed by atoms with E-state index in [0.717, 1.165) is 32.7 Å². The van der Waals surface area contributed by atoms with Crippen molar-refractivity contribution in [3.63, 3.8) is 0 Å². The minimum absolute atomic E-state index is 0.0757. The number of hydrogen-bond acceptors (Lipinski definition) is 5. The van der Waals surface area contributed by atoms with E-state index in [4.69, 9.17) is 17.3 Å². The Labute approximate surface area is 194 Å². The lowest BCUT2D eigenvalue weighted by Crippen LogP contribution is -2.28. The number of aromatic amines is 1. The normalized spacial score (nSPS) is 13.8. The number of fused-ring (bicyclic) bond motifs is 1. The first kappa shape index (κ1) is 20.7. The lowest BCUT2D eigenvalue weighted by atomic mass is 10.1. The van der Waals surface area contributed by atoms with E-state index < -0.39 is 11.8 Å². The number of amides is 2. The second kappa shape index (κ2) is 8.37. The van der Waals surface area contributed by atoms with Gasteiger partial charge in [0, 0.05) is 27.7 Å². The molecule has 0 atom stereocenters. The number of aromatic nitrogens is 1. The van der Waals surface area contributed by atoms with Crippen molar-refractivity contribution < 1.29 is 9.59 Å². The van der Waals surface area contributed by atoms with Crippen LogP contribution in [0.25, 0.3) is 22.2 Å². The van der Waals surface area contributed by atoms with Crippen molar-refractivity contribution in [2.24, 2.45) is 15.8 Å². The molecule has 4 aromatic rings. The molecule has 7 nitrogen and oxygen atoms in total. The highest BCUT2D eigenvalue weighted by atomic mass is 35.5. The second-order valence-corrected chi connectivity index (χ2v) is 7.96. The lowest BCUT2D eigenvalue weighted by Gasteiger charge is -2.11. The fraction of sp³-hybridized carbons (Fsp3) is 0.0400. The molecule has 0 aliphatic carbocycles. The number of halogens is 1. The summed E-state index contributed by atoms with van der Waals surface area (Å²) in [7, 11) is 0. The van der Waals surface area contributed by atoms with Crippen molar-refractivity contribution in [1.29, 1.82) is 0 Å². The van der Waals surface area contributed by atoms with Gasteiger partial charge in [0.2, 0.25) is 0 Å². The largest absolute Gasteiger partial charge is 0.385 e. The van der Waals surface area contributed by atoms with Gasteiger partial charge in [0.05, 0.1) is 23.4 Å². The zero-order valence-corrected chi connectivity index (χ0v) is 18.1. The number of nitrogens with zero attached hydrogens (tertiary/aromatic N) is 3. The molecule has 3 aromatic carbocycles. The summed E-state index contributed by atoms with van der Waals surface area (Å²) in [5.74, 6) is -0.926. The number of nitrogens with two attached hydrogens (primary N) is 1. The number of hydrazone groups is 1. The summed E-state index contributed by atoms with van der Waals surface area (Å²) in [6.07, 6.45) is 1.63. The zero-order chi connectivity index (χ0) is 22.9. The molecule has 1 aliphatic heterocycles. The molecule has 1 aromatic heterocycles. The third kappa shape index (κ3) is 3.90. The molecule has 0 fully saturated rings. The maximum Gasteiger partial charge on any atom is 0.283 e. The first-order chi connectivity index (χ1) is 16.0. The van der Waals surface area contributed by atoms with E-state index in [2.05, 4.69) is 15.1 Å². The fourth-order valence-corrected chi connectivity index (χ4v) is 3.95. The summed E-state index contributed by atoms with van der Waals surface area (Å²) >= 11 is 6.26. The molecule has 33 heavy (non-hydrogen) atoms. The summed E-state index contributed by atoms with van der Waals surface area (Å²) in [5.41, 5.74) is 9.90. The molecule has 0 bridgehead atoms. The highest BCUT2D eigenvalue weighted by Crippen LogP contribution is 2.32. The third-order valence-corrected chi connectivity index (χ3v) is 5.55. The number of carbonyl (C=O) groups excluding carboxylic acids is 2. The van der Waals surface area contributed by atoms with Gasteiger partial charge >= 0.3 is 0 Å². The molecule has 1 aliphatic rings. The van der Waals surface area contributed by atoms with Crippen LogP contribution in [0.3, 0.4) is 0 Å². The van der Waals surface area contributed by atoms with Crippen LogP contribution < -0.4 is 5.73 Å². The van der Waals surface area contributed by atoms with Crippen LogP contribution in [0, 0.1) is 0 Å². The van der Waals surface area contributed by atoms with E-state index in [0.29, 0.717) is 10.7 Å². The predicted molar refractivity (Wildman–Crippen MR) is 130 cm³/mol. The van der Waals surface area contributed by atoms with E-state index in [1.807, 2.05) is 48.5 Å². The van der Waals surface area contributed by atoms with Crippen molar-refractivity contribution in [3.05, 3.63) is 88.9 Å². The van der Waals surface area contributed by atoms with Gasteiger partial charge in [-0.25, -0.2) is 0 Å². The Morgan fingerprint density at radius 2 is 1.85 bits per heavy atom. The molecule has 0 saturated carbocycles. The van der Waals surface area contributed by atoms with Gasteiger partial charge in [0.1, 0.15) is 5.84 Å². The Bertz CT molecular complexity index is 1460. The average molecular weight is 456 g/mol. The number of hydrogen-bond donors (Lipinski definition) is 2. The summed E-state index contributed by atoms with van der Waals surface area (Å²) in [4.78, 5) is 33.1. The zero-order valence-electron chi connectivity index (χ0n) is 17.3. The number of benzene rings is 3. The Balaban J connectivity index is 1.60. The number of imide groups is 1. The van der Waals surface area contributed by atoms with Crippen molar-refractivity contribution in [3.8, 4) is 11.3 Å². The molecule has 0 radical (unpaired) electrons. The number of carbonyl (C=O) groups is 2. The van der Waals surface area contributed by atoms with Crippen LogP contribution in [0.1, 0.15) is 22.3 Å². The standard InChI is InChI=1S/C25H18ClN5O2/c26-16-10-11-21-18(12-16)19(24(29-21)15-6-2-1-3-7-15)14-28-20-9-5-4-8-17(20)25(33)31-23(32)13-22(27)30-31/h1-12,14,29H,13H2,(H2,27,30). The van der Waals surface area contributed by atoms with E-state index in [1.54, 1.807) is 30.5 Å². The number of H-pyrrole nitrogens is 1. The number of aliphatic imine (C=N–C) groups is 1. The van der Waals surface area contributed by atoms with Crippen LogP contribution in [0.15, 0.2) is 82.9 Å². The van der Waals surface area contributed by atoms with Gasteiger partial charge in [0.15, 0.2) is 0 Å². The van der Waals surface area contributed by atoms with Crippen molar-refractivity contribution in [2.75, 3.05) is 0 Å². The van der Waals surface area contributed by atoms with Gasteiger partial charge in [-0.2, -0.15) is 5.01 Å². The average Bonchev–Trinajstić information content (AvgIpc) is 3.36. The van der Waals surface area contributed by atoms with Crippen molar-refractivity contribution >= 4 is 52.1 Å². The number of nitrogens with one attached hydrogen (secondary N) is 1. The lowest BCUT2D eigenvalue weighted by molar-refractivity contribution is -0.126. The molecule has 8 heteroatoms. The van der Waals surface area contributed by atoms with E-state index >= 15 is 0 Å². The number of rotatable bonds is 4. The second-order valence-electron chi connectivity index (χ2n) is 7.52. The molecular weight excluding hydrogens is 438 g/mol. The van der Waals surface area contributed by atoms with Crippen LogP contribution in [-0.2, 0) is 4.79 Å². The van der Waals surface area contributed by atoms with E-state index in [-0.39, 0.29) is 17.8 Å². The predicted octanol–water partition coefficient (Wildman–Crippen LogP) is 4.88. The minimum Gasteiger partial charge on any atom is -0.385 e. The number of para-hydroxylation sites is 1. The van der Waals surface area contributed by atoms with Gasteiger partial charge in [-0.05, 0) is 35.9 Å². The van der Waals surface area contributed by atoms with Gasteiger partial charge in [-0.15, -0.1) is 5.10 Å². The Kier molecular flexibility index (Phi) is 5.24. The molecule has 0 spiro atoms. The van der Waals surface area contributed by atoms with Crippen molar-refractivity contribution in [2.45, 2.75) is 6.42 Å². The van der Waals surface area contributed by atoms with Gasteiger partial charge in [-0.3, -0.25) is 14.6 Å². The summed E-state index contributed by atoms with van der Waals surface area (Å²) in [5, 5.41) is 6.16. The number of amidine groups is 1. The molecule has 162 valence electrons. The molecular formula is C25H18ClN5O2. The summed E-state index contributed by atoms with van der Waals surface area (Å²) in [6, 6.07) is 22.3. The first-order valence-electron chi connectivity index (χ1n) is 10.2. The Hall–Kier alpha value is -4.23. The Morgan fingerprint density at radius 3 is 2.61 bits per heavy atom. The quantitative estimate of drug-likeness (QED) is 0.338. The summed E-state index contributed by atoms with van der Waals surface area (Å²) in [6.45, 7) is 0. The maximum atomic E-state index is 13.0. The van der Waals surface area contributed by atoms with E-state index in [9.17, 15) is 9.59 Å². The van der Waals surface area contributed by atoms with Crippen LogP contribution in [0.4, 0.5) is 5.69 Å². The topological polar surface area (TPSA) is 104 Å².